The molecule has 0 unspecified atom stereocenters. The molecule has 0 aromatic rings. The van der Waals surface area contributed by atoms with E-state index in [1.165, 1.54) is 0 Å². The molecule has 0 aliphatic heterocycles. The van der Waals surface area contributed by atoms with Crippen molar-refractivity contribution in [3.05, 3.63) is 0 Å². The highest BCUT2D eigenvalue weighted by atomic mass is 16.5. The molecule has 0 aliphatic rings. The van der Waals surface area contributed by atoms with Gasteiger partial charge in [0.05, 0.1) is 16.7 Å². The molecule has 128 valence electrons. The summed E-state index contributed by atoms with van der Waals surface area (Å²) in [5.41, 5.74) is -1.26. The molecule has 0 amide bonds. The van der Waals surface area contributed by atoms with Gasteiger partial charge in [-0.1, -0.05) is 13.8 Å². The van der Waals surface area contributed by atoms with E-state index in [1.54, 1.807) is 55.4 Å². The minimum Gasteiger partial charge on any atom is -0.464 e. The van der Waals surface area contributed by atoms with Crippen LogP contribution in [0.5, 0.6) is 0 Å². The van der Waals surface area contributed by atoms with Crippen molar-refractivity contribution in [1.29, 1.82) is 0 Å². The number of esters is 2. The predicted molar refractivity (Wildman–Crippen MR) is 84.2 cm³/mol. The fraction of sp³-hybridized carbons (Fsp3) is 0.824. The van der Waals surface area contributed by atoms with Gasteiger partial charge in [-0.15, -0.1) is 0 Å². The lowest BCUT2D eigenvalue weighted by Gasteiger charge is -2.23. The Morgan fingerprint density at radius 1 is 0.773 bits per heavy atom. The van der Waals surface area contributed by atoms with E-state index in [0.29, 0.717) is 0 Å². The summed E-state index contributed by atoms with van der Waals surface area (Å²) < 4.78 is 10.4. The maximum absolute atomic E-state index is 12.2. The van der Waals surface area contributed by atoms with Gasteiger partial charge in [0.25, 0.3) is 0 Å². The van der Waals surface area contributed by atoms with E-state index in [4.69, 9.17) is 9.47 Å². The number of carbonyl (C=O) groups is 3. The lowest BCUT2D eigenvalue weighted by Crippen LogP contribution is -2.34. The Hall–Kier alpha value is -1.39. The van der Waals surface area contributed by atoms with Crippen molar-refractivity contribution in [3.63, 3.8) is 0 Å². The van der Waals surface area contributed by atoms with Crippen LogP contribution in [0.25, 0.3) is 0 Å². The third-order valence-electron chi connectivity index (χ3n) is 3.03. The summed E-state index contributed by atoms with van der Waals surface area (Å²) in [5, 5.41) is 0. The van der Waals surface area contributed by atoms with E-state index in [9.17, 15) is 14.4 Å². The van der Waals surface area contributed by atoms with Crippen LogP contribution >= 0.6 is 0 Å². The molecule has 0 radical (unpaired) electrons. The van der Waals surface area contributed by atoms with Crippen LogP contribution in [-0.4, -0.2) is 30.9 Å². The number of Topliss-reactive ketones (excluding diaryl/α,β-unsaturated/α-hetero) is 1. The number of hydrogen-bond donors (Lipinski definition) is 0. The van der Waals surface area contributed by atoms with Crippen LogP contribution in [-0.2, 0) is 23.9 Å². The molecule has 0 heterocycles. The van der Waals surface area contributed by atoms with E-state index in [-0.39, 0.29) is 36.9 Å². The van der Waals surface area contributed by atoms with Crippen LogP contribution in [0, 0.1) is 22.7 Å². The number of hydrogen-bond acceptors (Lipinski definition) is 5. The standard InChI is InChI=1S/C17H30O5/c1-11(2)13(18)12(9-21-14(19)16(3,4)5)10-22-15(20)17(6,7)8/h11-12H,9-10H2,1-8H3. The molecule has 0 saturated carbocycles. The summed E-state index contributed by atoms with van der Waals surface area (Å²) >= 11 is 0. The van der Waals surface area contributed by atoms with E-state index in [1.807, 2.05) is 0 Å². The molecule has 0 rings (SSSR count). The third-order valence-corrected chi connectivity index (χ3v) is 3.03. The molecule has 0 aromatic heterocycles. The van der Waals surface area contributed by atoms with Crippen LogP contribution in [0.1, 0.15) is 55.4 Å². The molecule has 0 bridgehead atoms. The largest absolute Gasteiger partial charge is 0.464 e. The molecular formula is C17H30O5. The summed E-state index contributed by atoms with van der Waals surface area (Å²) in [6.45, 7) is 13.9. The Morgan fingerprint density at radius 2 is 1.09 bits per heavy atom. The lowest BCUT2D eigenvalue weighted by atomic mass is 9.95. The summed E-state index contributed by atoms with van der Waals surface area (Å²) in [5.74, 6) is -1.68. The van der Waals surface area contributed by atoms with Crippen LogP contribution < -0.4 is 0 Å². The molecule has 0 aliphatic carbocycles. The molecule has 0 fully saturated rings. The Labute approximate surface area is 133 Å². The van der Waals surface area contributed by atoms with Gasteiger partial charge in [0, 0.05) is 5.92 Å². The second-order valence-corrected chi connectivity index (χ2v) is 7.95. The Balaban J connectivity index is 4.76. The normalized spacial score (nSPS) is 12.5. The van der Waals surface area contributed by atoms with Crippen LogP contribution in [0.15, 0.2) is 0 Å². The van der Waals surface area contributed by atoms with Crippen molar-refractivity contribution in [2.24, 2.45) is 22.7 Å². The van der Waals surface area contributed by atoms with Gasteiger partial charge >= 0.3 is 11.9 Å². The van der Waals surface area contributed by atoms with Gasteiger partial charge in [-0.3, -0.25) is 14.4 Å². The predicted octanol–water partition coefficient (Wildman–Crippen LogP) is 3.01. The van der Waals surface area contributed by atoms with Gasteiger partial charge in [-0.2, -0.15) is 0 Å². The van der Waals surface area contributed by atoms with Gasteiger partial charge in [0.2, 0.25) is 0 Å². The first kappa shape index (κ1) is 20.6. The highest BCUT2D eigenvalue weighted by Gasteiger charge is 2.30. The van der Waals surface area contributed by atoms with Crippen LogP contribution in [0.3, 0.4) is 0 Å². The number of rotatable bonds is 6. The number of ether oxygens (including phenoxy) is 2. The molecule has 22 heavy (non-hydrogen) atoms. The molecule has 0 aromatic carbocycles. The third kappa shape index (κ3) is 7.05. The molecular weight excluding hydrogens is 284 g/mol. The maximum Gasteiger partial charge on any atom is 0.311 e. The fourth-order valence-corrected chi connectivity index (χ4v) is 1.47. The van der Waals surface area contributed by atoms with E-state index >= 15 is 0 Å². The van der Waals surface area contributed by atoms with Gasteiger partial charge in [0.15, 0.2) is 0 Å². The number of ketones is 1. The highest BCUT2D eigenvalue weighted by molar-refractivity contribution is 5.84. The molecule has 0 spiro atoms. The molecule has 5 heteroatoms. The van der Waals surface area contributed by atoms with E-state index in [2.05, 4.69) is 0 Å². The van der Waals surface area contributed by atoms with Crippen molar-refractivity contribution in [2.75, 3.05) is 13.2 Å². The average Bonchev–Trinajstić information content (AvgIpc) is 2.34. The summed E-state index contributed by atoms with van der Waals surface area (Å²) in [6, 6.07) is 0. The van der Waals surface area contributed by atoms with Crippen LogP contribution in [0.4, 0.5) is 0 Å². The molecule has 5 nitrogen and oxygen atoms in total. The first-order chi connectivity index (χ1) is 9.76. The zero-order valence-corrected chi connectivity index (χ0v) is 15.1. The zero-order valence-electron chi connectivity index (χ0n) is 15.1. The first-order valence-electron chi connectivity index (χ1n) is 7.65. The van der Waals surface area contributed by atoms with Crippen molar-refractivity contribution in [2.45, 2.75) is 55.4 Å². The first-order valence-corrected chi connectivity index (χ1v) is 7.65. The SMILES string of the molecule is CC(C)C(=O)C(COC(=O)C(C)(C)C)COC(=O)C(C)(C)C. The summed E-state index contributed by atoms with van der Waals surface area (Å²) in [4.78, 5) is 35.8. The fourth-order valence-electron chi connectivity index (χ4n) is 1.47. The van der Waals surface area contributed by atoms with Gasteiger partial charge in [-0.25, -0.2) is 0 Å². The van der Waals surface area contributed by atoms with E-state index < -0.39 is 16.7 Å². The van der Waals surface area contributed by atoms with Crippen molar-refractivity contribution in [1.82, 2.24) is 0 Å². The second kappa shape index (κ2) is 7.75. The molecule has 0 atom stereocenters. The van der Waals surface area contributed by atoms with Gasteiger partial charge < -0.3 is 9.47 Å². The monoisotopic (exact) mass is 314 g/mol. The highest BCUT2D eigenvalue weighted by Crippen LogP contribution is 2.19. The second-order valence-electron chi connectivity index (χ2n) is 7.95. The van der Waals surface area contributed by atoms with Crippen LogP contribution in [0.2, 0.25) is 0 Å². The average molecular weight is 314 g/mol. The molecule has 0 saturated heterocycles. The minimum atomic E-state index is -0.631. The quantitative estimate of drug-likeness (QED) is 0.705. The topological polar surface area (TPSA) is 69.7 Å². The number of carbonyl (C=O) groups excluding carboxylic acids is 3. The Kier molecular flexibility index (Phi) is 7.26. The van der Waals surface area contributed by atoms with E-state index in [0.717, 1.165) is 0 Å². The van der Waals surface area contributed by atoms with Gasteiger partial charge in [-0.05, 0) is 41.5 Å². The van der Waals surface area contributed by atoms with Crippen molar-refractivity contribution < 1.29 is 23.9 Å². The Morgan fingerprint density at radius 3 is 1.32 bits per heavy atom. The van der Waals surface area contributed by atoms with Crippen molar-refractivity contribution >= 4 is 17.7 Å². The van der Waals surface area contributed by atoms with Gasteiger partial charge in [0.1, 0.15) is 19.0 Å². The van der Waals surface area contributed by atoms with Crippen molar-refractivity contribution in [3.8, 4) is 0 Å². The lowest BCUT2D eigenvalue weighted by molar-refractivity contribution is -0.160. The zero-order chi connectivity index (χ0) is 17.7. The minimum absolute atomic E-state index is 0.0649. The summed E-state index contributed by atoms with van der Waals surface area (Å²) in [6.07, 6.45) is 0. The summed E-state index contributed by atoms with van der Waals surface area (Å²) in [7, 11) is 0. The molecule has 0 N–H and O–H groups in total. The maximum atomic E-state index is 12.2. The smallest absolute Gasteiger partial charge is 0.311 e. The Bertz CT molecular complexity index is 380.